The van der Waals surface area contributed by atoms with Crippen molar-refractivity contribution in [3.8, 4) is 22.5 Å². The Morgan fingerprint density at radius 2 is 1.92 bits per heavy atom. The van der Waals surface area contributed by atoms with Crippen LogP contribution in [0.15, 0.2) is 54.6 Å². The van der Waals surface area contributed by atoms with Gasteiger partial charge in [0, 0.05) is 29.2 Å². The Kier molecular flexibility index (Phi) is 4.34. The summed E-state index contributed by atoms with van der Waals surface area (Å²) in [5.41, 5.74) is 5.17. The summed E-state index contributed by atoms with van der Waals surface area (Å²) in [5.74, 6) is 0. The van der Waals surface area contributed by atoms with Crippen LogP contribution in [-0.2, 0) is 4.74 Å². The maximum Gasteiger partial charge on any atom is 0.0949 e. The molecule has 4 nitrogen and oxygen atoms in total. The van der Waals surface area contributed by atoms with Crippen LogP contribution in [0, 0.1) is 0 Å². The molecule has 2 aromatic carbocycles. The fourth-order valence-corrected chi connectivity index (χ4v) is 3.11. The Hall–Kier alpha value is -2.14. The van der Waals surface area contributed by atoms with E-state index >= 15 is 0 Å². The Morgan fingerprint density at radius 3 is 2.67 bits per heavy atom. The first-order valence-electron chi connectivity index (χ1n) is 8.03. The van der Waals surface area contributed by atoms with E-state index in [0.29, 0.717) is 5.02 Å². The first-order valence-corrected chi connectivity index (χ1v) is 8.41. The molecule has 5 heteroatoms. The number of morpholine rings is 1. The predicted octanol–water partition coefficient (Wildman–Crippen LogP) is 4.06. The SMILES string of the molecule is Clc1cccc(-c2cc(-c3ccc([C@H]4CNCCO4)cc3)n[nH]2)c1. The lowest BCUT2D eigenvalue weighted by Crippen LogP contribution is -2.33. The molecule has 0 unspecified atom stereocenters. The minimum absolute atomic E-state index is 0.133. The zero-order valence-electron chi connectivity index (χ0n) is 13.1. The van der Waals surface area contributed by atoms with E-state index in [-0.39, 0.29) is 6.10 Å². The summed E-state index contributed by atoms with van der Waals surface area (Å²) in [4.78, 5) is 0. The van der Waals surface area contributed by atoms with Gasteiger partial charge in [0.1, 0.15) is 0 Å². The smallest absolute Gasteiger partial charge is 0.0949 e. The molecule has 1 aliphatic rings. The van der Waals surface area contributed by atoms with Crippen LogP contribution in [-0.4, -0.2) is 29.9 Å². The van der Waals surface area contributed by atoms with Crippen molar-refractivity contribution in [1.82, 2.24) is 15.5 Å². The van der Waals surface area contributed by atoms with Gasteiger partial charge in [-0.2, -0.15) is 5.10 Å². The van der Waals surface area contributed by atoms with Gasteiger partial charge in [0.25, 0.3) is 0 Å². The Bertz CT molecular complexity index is 823. The first kappa shape index (κ1) is 15.4. The van der Waals surface area contributed by atoms with Crippen molar-refractivity contribution in [3.05, 3.63) is 65.2 Å². The fraction of sp³-hybridized carbons (Fsp3) is 0.211. The number of rotatable bonds is 3. The number of H-pyrrole nitrogens is 1. The second-order valence-corrected chi connectivity index (χ2v) is 6.30. The number of hydrogen-bond acceptors (Lipinski definition) is 3. The van der Waals surface area contributed by atoms with Crippen molar-refractivity contribution in [2.45, 2.75) is 6.10 Å². The predicted molar refractivity (Wildman–Crippen MR) is 96.0 cm³/mol. The molecule has 4 rings (SSSR count). The average Bonchev–Trinajstić information content (AvgIpc) is 3.13. The third kappa shape index (κ3) is 3.22. The summed E-state index contributed by atoms with van der Waals surface area (Å²) in [6.07, 6.45) is 0.133. The van der Waals surface area contributed by atoms with Gasteiger partial charge in [-0.25, -0.2) is 0 Å². The van der Waals surface area contributed by atoms with E-state index in [1.165, 1.54) is 5.56 Å². The highest BCUT2D eigenvalue weighted by Gasteiger charge is 2.15. The van der Waals surface area contributed by atoms with Gasteiger partial charge >= 0.3 is 0 Å². The van der Waals surface area contributed by atoms with Crippen LogP contribution in [0.2, 0.25) is 5.02 Å². The Labute approximate surface area is 145 Å². The Morgan fingerprint density at radius 1 is 1.04 bits per heavy atom. The molecule has 2 heterocycles. The lowest BCUT2D eigenvalue weighted by atomic mass is 10.0. The minimum atomic E-state index is 0.133. The van der Waals surface area contributed by atoms with Crippen molar-refractivity contribution >= 4 is 11.6 Å². The molecule has 1 saturated heterocycles. The van der Waals surface area contributed by atoms with Gasteiger partial charge < -0.3 is 10.1 Å². The van der Waals surface area contributed by atoms with Crippen LogP contribution in [0.25, 0.3) is 22.5 Å². The van der Waals surface area contributed by atoms with Crippen molar-refractivity contribution in [3.63, 3.8) is 0 Å². The van der Waals surface area contributed by atoms with Crippen LogP contribution in [0.5, 0.6) is 0 Å². The number of nitrogens with one attached hydrogen (secondary N) is 2. The van der Waals surface area contributed by atoms with Crippen LogP contribution < -0.4 is 5.32 Å². The summed E-state index contributed by atoms with van der Waals surface area (Å²) >= 11 is 6.06. The molecule has 1 fully saturated rings. The molecule has 0 bridgehead atoms. The molecular weight excluding hydrogens is 322 g/mol. The minimum Gasteiger partial charge on any atom is -0.371 e. The zero-order chi connectivity index (χ0) is 16.4. The third-order valence-corrected chi connectivity index (χ3v) is 4.45. The molecule has 122 valence electrons. The maximum absolute atomic E-state index is 6.06. The second kappa shape index (κ2) is 6.77. The lowest BCUT2D eigenvalue weighted by molar-refractivity contribution is 0.0277. The zero-order valence-corrected chi connectivity index (χ0v) is 13.9. The van der Waals surface area contributed by atoms with Crippen molar-refractivity contribution < 1.29 is 4.74 Å². The summed E-state index contributed by atoms with van der Waals surface area (Å²) < 4.78 is 5.79. The fourth-order valence-electron chi connectivity index (χ4n) is 2.92. The quantitative estimate of drug-likeness (QED) is 0.756. The average molecular weight is 340 g/mol. The number of halogens is 1. The molecule has 0 radical (unpaired) electrons. The molecule has 0 aliphatic carbocycles. The molecule has 0 spiro atoms. The molecule has 24 heavy (non-hydrogen) atoms. The van der Waals surface area contributed by atoms with Gasteiger partial charge in [0.2, 0.25) is 0 Å². The van der Waals surface area contributed by atoms with E-state index in [4.69, 9.17) is 16.3 Å². The molecule has 3 aromatic rings. The van der Waals surface area contributed by atoms with Crippen molar-refractivity contribution in [1.29, 1.82) is 0 Å². The largest absolute Gasteiger partial charge is 0.371 e. The molecule has 0 saturated carbocycles. The van der Waals surface area contributed by atoms with E-state index in [2.05, 4.69) is 39.8 Å². The van der Waals surface area contributed by atoms with Crippen molar-refractivity contribution in [2.75, 3.05) is 19.7 Å². The number of hydrogen-bond donors (Lipinski definition) is 2. The van der Waals surface area contributed by atoms with Gasteiger partial charge in [-0.1, -0.05) is 48.0 Å². The number of ether oxygens (including phenoxy) is 1. The van der Waals surface area contributed by atoms with E-state index < -0.39 is 0 Å². The highest BCUT2D eigenvalue weighted by Crippen LogP contribution is 2.27. The highest BCUT2D eigenvalue weighted by atomic mass is 35.5. The summed E-state index contributed by atoms with van der Waals surface area (Å²) in [6.45, 7) is 2.55. The van der Waals surface area contributed by atoms with Crippen LogP contribution >= 0.6 is 11.6 Å². The molecule has 1 aliphatic heterocycles. The summed E-state index contributed by atoms with van der Waals surface area (Å²) in [7, 11) is 0. The van der Waals surface area contributed by atoms with E-state index in [1.807, 2.05) is 30.3 Å². The third-order valence-electron chi connectivity index (χ3n) is 4.22. The summed E-state index contributed by atoms with van der Waals surface area (Å²) in [5, 5.41) is 11.6. The van der Waals surface area contributed by atoms with Crippen LogP contribution in [0.1, 0.15) is 11.7 Å². The summed E-state index contributed by atoms with van der Waals surface area (Å²) in [6, 6.07) is 18.2. The molecule has 2 N–H and O–H groups in total. The van der Waals surface area contributed by atoms with Gasteiger partial charge in [0.15, 0.2) is 0 Å². The monoisotopic (exact) mass is 339 g/mol. The normalized spacial score (nSPS) is 17.8. The topological polar surface area (TPSA) is 49.9 Å². The molecule has 1 aromatic heterocycles. The number of benzene rings is 2. The first-order chi connectivity index (χ1) is 11.8. The van der Waals surface area contributed by atoms with Gasteiger partial charge in [-0.05, 0) is 23.8 Å². The highest BCUT2D eigenvalue weighted by molar-refractivity contribution is 6.30. The molecule has 0 amide bonds. The maximum atomic E-state index is 6.06. The number of aromatic nitrogens is 2. The molecular formula is C19H18ClN3O. The van der Waals surface area contributed by atoms with E-state index in [0.717, 1.165) is 42.2 Å². The number of aromatic amines is 1. The van der Waals surface area contributed by atoms with E-state index in [9.17, 15) is 0 Å². The number of nitrogens with zero attached hydrogens (tertiary/aromatic N) is 1. The van der Waals surface area contributed by atoms with Gasteiger partial charge in [-0.15, -0.1) is 0 Å². The van der Waals surface area contributed by atoms with Gasteiger partial charge in [-0.3, -0.25) is 5.10 Å². The standard InChI is InChI=1S/C19H18ClN3O/c20-16-3-1-2-15(10-16)18-11-17(22-23-18)13-4-6-14(7-5-13)19-12-21-8-9-24-19/h1-7,10-11,19,21H,8-9,12H2,(H,22,23)/t19-/m1/s1. The second-order valence-electron chi connectivity index (χ2n) is 5.86. The molecule has 1 atom stereocenters. The lowest BCUT2D eigenvalue weighted by Gasteiger charge is -2.24. The van der Waals surface area contributed by atoms with Crippen LogP contribution in [0.4, 0.5) is 0 Å². The van der Waals surface area contributed by atoms with Crippen molar-refractivity contribution in [2.24, 2.45) is 0 Å². The van der Waals surface area contributed by atoms with E-state index in [1.54, 1.807) is 0 Å². The Balaban J connectivity index is 1.56. The van der Waals surface area contributed by atoms with Gasteiger partial charge in [0.05, 0.1) is 24.1 Å². The van der Waals surface area contributed by atoms with Crippen LogP contribution in [0.3, 0.4) is 0 Å².